The number of fused-ring (bicyclic) bond motifs is 3. The monoisotopic (exact) mass is 534 g/mol. The zero-order valence-corrected chi connectivity index (χ0v) is 20.2. The Balaban J connectivity index is 1.22. The van der Waals surface area contributed by atoms with Gasteiger partial charge in [-0.2, -0.15) is 0 Å². The molecular formula is C27H23BrN2O5. The van der Waals surface area contributed by atoms with Crippen molar-refractivity contribution in [2.24, 2.45) is 5.92 Å². The van der Waals surface area contributed by atoms with E-state index in [1.54, 1.807) is 18.2 Å². The zero-order valence-electron chi connectivity index (χ0n) is 18.7. The molecule has 5 rings (SSSR count). The molecule has 3 aromatic rings. The molecule has 8 heteroatoms. The third kappa shape index (κ3) is 4.79. The van der Waals surface area contributed by atoms with Gasteiger partial charge >= 0.3 is 12.1 Å². The van der Waals surface area contributed by atoms with Gasteiger partial charge in [-0.3, -0.25) is 14.9 Å². The predicted octanol–water partition coefficient (Wildman–Crippen LogP) is 5.40. The van der Waals surface area contributed by atoms with Crippen molar-refractivity contribution >= 4 is 39.6 Å². The maximum Gasteiger partial charge on any atom is 0.411 e. The molecule has 0 bridgehead atoms. The van der Waals surface area contributed by atoms with E-state index in [-0.39, 0.29) is 24.5 Å². The van der Waals surface area contributed by atoms with Gasteiger partial charge in [-0.1, -0.05) is 64.5 Å². The molecule has 0 radical (unpaired) electrons. The maximum atomic E-state index is 12.6. The van der Waals surface area contributed by atoms with Crippen molar-refractivity contribution in [1.82, 2.24) is 5.32 Å². The minimum absolute atomic E-state index is 0.0471. The molecule has 0 spiro atoms. The molecule has 1 saturated carbocycles. The molecule has 7 nitrogen and oxygen atoms in total. The fourth-order valence-electron chi connectivity index (χ4n) is 4.75. The van der Waals surface area contributed by atoms with E-state index in [1.807, 2.05) is 24.3 Å². The number of nitrogens with one attached hydrogen (secondary N) is 2. The van der Waals surface area contributed by atoms with Gasteiger partial charge in [-0.25, -0.2) is 4.79 Å². The lowest BCUT2D eigenvalue weighted by Crippen LogP contribution is -2.46. The molecule has 2 aliphatic rings. The van der Waals surface area contributed by atoms with Crippen LogP contribution in [0.1, 0.15) is 40.2 Å². The highest BCUT2D eigenvalue weighted by atomic mass is 79.9. The van der Waals surface area contributed by atoms with E-state index < -0.39 is 18.0 Å². The number of hydrogen-bond donors (Lipinski definition) is 3. The molecule has 2 aliphatic carbocycles. The van der Waals surface area contributed by atoms with E-state index in [2.05, 4.69) is 50.8 Å². The van der Waals surface area contributed by atoms with Gasteiger partial charge in [0.25, 0.3) is 5.91 Å². The van der Waals surface area contributed by atoms with Crippen molar-refractivity contribution in [3.8, 4) is 11.1 Å². The van der Waals surface area contributed by atoms with Gasteiger partial charge < -0.3 is 15.2 Å². The summed E-state index contributed by atoms with van der Waals surface area (Å²) in [6.45, 7) is 0.188. The van der Waals surface area contributed by atoms with Crippen molar-refractivity contribution in [3.63, 3.8) is 0 Å². The molecule has 0 aromatic heterocycles. The van der Waals surface area contributed by atoms with Gasteiger partial charge in [-0.05, 0) is 53.3 Å². The molecule has 2 amide bonds. The van der Waals surface area contributed by atoms with Crippen molar-refractivity contribution in [2.45, 2.75) is 24.8 Å². The Morgan fingerprint density at radius 3 is 2.20 bits per heavy atom. The predicted molar refractivity (Wildman–Crippen MR) is 134 cm³/mol. The molecule has 0 atom stereocenters. The van der Waals surface area contributed by atoms with Crippen LogP contribution in [-0.2, 0) is 9.53 Å². The Bertz CT molecular complexity index is 1270. The SMILES string of the molecule is O=C(Nc1cc(Br)cc(C(=O)NC2CC(C(=O)O)C2)c1)OCC1c2ccccc2-c2ccccc21. The number of carboxylic acid groups (broad SMARTS) is 1. The summed E-state index contributed by atoms with van der Waals surface area (Å²) in [5, 5.41) is 14.5. The van der Waals surface area contributed by atoms with Crippen LogP contribution in [-0.4, -0.2) is 35.7 Å². The number of carboxylic acids is 1. The first-order valence-corrected chi connectivity index (χ1v) is 12.1. The van der Waals surface area contributed by atoms with Crippen LogP contribution in [0.2, 0.25) is 0 Å². The number of hydrogen-bond acceptors (Lipinski definition) is 4. The molecule has 0 unspecified atom stereocenters. The van der Waals surface area contributed by atoms with Crippen LogP contribution in [0.25, 0.3) is 11.1 Å². The Labute approximate surface area is 210 Å². The standard InChI is InChI=1S/C27H23BrN2O5/c28-17-9-15(25(31)29-18-11-16(12-18)26(32)33)10-19(13-17)30-27(34)35-14-24-22-7-3-1-5-20(22)21-6-2-4-8-23(21)24/h1-10,13,16,18,24H,11-12,14H2,(H,29,31)(H,30,34)(H,32,33). The number of anilines is 1. The smallest absolute Gasteiger partial charge is 0.411 e. The summed E-state index contributed by atoms with van der Waals surface area (Å²) in [6.07, 6.45) is 0.222. The second kappa shape index (κ2) is 9.54. The van der Waals surface area contributed by atoms with Gasteiger partial charge in [0.05, 0.1) is 5.92 Å². The normalized spacial score (nSPS) is 18.1. The second-order valence-corrected chi connectivity index (χ2v) is 9.77. The Morgan fingerprint density at radius 2 is 1.57 bits per heavy atom. The lowest BCUT2D eigenvalue weighted by atomic mass is 9.80. The maximum absolute atomic E-state index is 12.6. The summed E-state index contributed by atoms with van der Waals surface area (Å²) >= 11 is 3.38. The van der Waals surface area contributed by atoms with Crippen LogP contribution in [0.3, 0.4) is 0 Å². The Kier molecular flexibility index (Phi) is 6.30. The Morgan fingerprint density at radius 1 is 0.943 bits per heavy atom. The fourth-order valence-corrected chi connectivity index (χ4v) is 5.24. The number of benzene rings is 3. The molecule has 0 heterocycles. The van der Waals surface area contributed by atoms with Crippen molar-refractivity contribution in [2.75, 3.05) is 11.9 Å². The molecule has 3 aromatic carbocycles. The van der Waals surface area contributed by atoms with Gasteiger partial charge in [-0.15, -0.1) is 0 Å². The van der Waals surface area contributed by atoms with Gasteiger partial charge in [0.15, 0.2) is 0 Å². The number of carbonyl (C=O) groups excluding carboxylic acids is 2. The first-order valence-electron chi connectivity index (χ1n) is 11.4. The fraction of sp³-hybridized carbons (Fsp3) is 0.222. The van der Waals surface area contributed by atoms with E-state index in [0.717, 1.165) is 22.3 Å². The topological polar surface area (TPSA) is 105 Å². The molecule has 0 aliphatic heterocycles. The van der Waals surface area contributed by atoms with Crippen LogP contribution in [0.15, 0.2) is 71.2 Å². The van der Waals surface area contributed by atoms with E-state index in [1.165, 1.54) is 0 Å². The average molecular weight is 535 g/mol. The largest absolute Gasteiger partial charge is 0.481 e. The van der Waals surface area contributed by atoms with Crippen LogP contribution in [0, 0.1) is 5.92 Å². The van der Waals surface area contributed by atoms with Crippen molar-refractivity contribution in [1.29, 1.82) is 0 Å². The third-order valence-electron chi connectivity index (χ3n) is 6.57. The molecule has 178 valence electrons. The zero-order chi connectivity index (χ0) is 24.5. The number of carbonyl (C=O) groups is 3. The third-order valence-corrected chi connectivity index (χ3v) is 7.03. The van der Waals surface area contributed by atoms with E-state index in [9.17, 15) is 14.4 Å². The number of aliphatic carboxylic acids is 1. The molecular weight excluding hydrogens is 512 g/mol. The summed E-state index contributed by atoms with van der Waals surface area (Å²) in [5.74, 6) is -1.62. The Hall–Kier alpha value is -3.65. The van der Waals surface area contributed by atoms with E-state index in [0.29, 0.717) is 28.6 Å². The highest BCUT2D eigenvalue weighted by molar-refractivity contribution is 9.10. The van der Waals surface area contributed by atoms with Crippen LogP contribution in [0.4, 0.5) is 10.5 Å². The number of amides is 2. The van der Waals surface area contributed by atoms with Gasteiger partial charge in [0.2, 0.25) is 0 Å². The van der Waals surface area contributed by atoms with E-state index in [4.69, 9.17) is 9.84 Å². The molecule has 0 saturated heterocycles. The molecule has 3 N–H and O–H groups in total. The van der Waals surface area contributed by atoms with Crippen LogP contribution < -0.4 is 10.6 Å². The lowest BCUT2D eigenvalue weighted by Gasteiger charge is -2.32. The summed E-state index contributed by atoms with van der Waals surface area (Å²) in [7, 11) is 0. The number of halogens is 1. The number of rotatable bonds is 6. The minimum Gasteiger partial charge on any atom is -0.481 e. The first-order chi connectivity index (χ1) is 16.9. The lowest BCUT2D eigenvalue weighted by molar-refractivity contribution is -0.145. The first kappa shape index (κ1) is 23.1. The highest BCUT2D eigenvalue weighted by Gasteiger charge is 2.35. The van der Waals surface area contributed by atoms with Gasteiger partial charge in [0, 0.05) is 27.7 Å². The average Bonchev–Trinajstić information content (AvgIpc) is 3.12. The summed E-state index contributed by atoms with van der Waals surface area (Å²) < 4.78 is 6.21. The number of ether oxygens (including phenoxy) is 1. The summed E-state index contributed by atoms with van der Waals surface area (Å²) in [4.78, 5) is 36.2. The van der Waals surface area contributed by atoms with Crippen molar-refractivity contribution < 1.29 is 24.2 Å². The minimum atomic E-state index is -0.840. The highest BCUT2D eigenvalue weighted by Crippen LogP contribution is 2.44. The quantitative estimate of drug-likeness (QED) is 0.392. The van der Waals surface area contributed by atoms with Gasteiger partial charge in [0.1, 0.15) is 6.61 Å². The van der Waals surface area contributed by atoms with Crippen LogP contribution in [0.5, 0.6) is 0 Å². The second-order valence-electron chi connectivity index (χ2n) is 8.86. The molecule has 35 heavy (non-hydrogen) atoms. The van der Waals surface area contributed by atoms with E-state index >= 15 is 0 Å². The summed E-state index contributed by atoms with van der Waals surface area (Å²) in [5.41, 5.74) is 5.33. The molecule has 1 fully saturated rings. The van der Waals surface area contributed by atoms with Crippen LogP contribution >= 0.6 is 15.9 Å². The summed E-state index contributed by atoms with van der Waals surface area (Å²) in [6, 6.07) is 21.0. The van der Waals surface area contributed by atoms with Crippen molar-refractivity contribution in [3.05, 3.63) is 87.9 Å².